The lowest BCUT2D eigenvalue weighted by molar-refractivity contribution is -0.136. The van der Waals surface area contributed by atoms with Gasteiger partial charge in [-0.2, -0.15) is 0 Å². The maximum atomic E-state index is 10.5. The van der Waals surface area contributed by atoms with E-state index >= 15 is 0 Å². The summed E-state index contributed by atoms with van der Waals surface area (Å²) < 4.78 is 0. The van der Waals surface area contributed by atoms with Crippen molar-refractivity contribution in [3.05, 3.63) is 48.4 Å². The molecule has 4 heteroatoms. The molecule has 1 heterocycles. The van der Waals surface area contributed by atoms with Crippen molar-refractivity contribution in [2.24, 2.45) is 0 Å². The number of aliphatic carboxylic acids is 1. The van der Waals surface area contributed by atoms with Gasteiger partial charge in [0.2, 0.25) is 0 Å². The summed E-state index contributed by atoms with van der Waals surface area (Å²) in [6.07, 6.45) is 2.99. The average molecular weight is 214 g/mol. The Balaban J connectivity index is 2.23. The highest BCUT2D eigenvalue weighted by atomic mass is 16.4. The van der Waals surface area contributed by atoms with Gasteiger partial charge in [0, 0.05) is 11.8 Å². The summed E-state index contributed by atoms with van der Waals surface area (Å²) in [5.74, 6) is -0.901. The van der Waals surface area contributed by atoms with Crippen LogP contribution in [-0.2, 0) is 11.2 Å². The molecule has 0 aliphatic carbocycles. The van der Waals surface area contributed by atoms with Crippen molar-refractivity contribution >= 4 is 5.97 Å². The number of carboxylic acids is 1. The van der Waals surface area contributed by atoms with Crippen LogP contribution in [0.2, 0.25) is 0 Å². The minimum absolute atomic E-state index is 0.0952. The van der Waals surface area contributed by atoms with E-state index in [1.54, 1.807) is 6.20 Å². The highest BCUT2D eigenvalue weighted by Crippen LogP contribution is 2.14. The van der Waals surface area contributed by atoms with Crippen LogP contribution in [0.15, 0.2) is 42.7 Å². The molecule has 1 aromatic carbocycles. The van der Waals surface area contributed by atoms with Crippen molar-refractivity contribution in [2.75, 3.05) is 0 Å². The molecular formula is C12H10N2O2. The van der Waals surface area contributed by atoms with Crippen LogP contribution in [0, 0.1) is 0 Å². The Kier molecular flexibility index (Phi) is 2.91. The molecule has 0 fully saturated rings. The van der Waals surface area contributed by atoms with Gasteiger partial charge >= 0.3 is 5.97 Å². The van der Waals surface area contributed by atoms with Crippen molar-refractivity contribution < 1.29 is 9.90 Å². The third-order valence-corrected chi connectivity index (χ3v) is 2.11. The summed E-state index contributed by atoms with van der Waals surface area (Å²) in [5, 5.41) is 8.59. The molecule has 0 amide bonds. The van der Waals surface area contributed by atoms with Crippen LogP contribution in [0.1, 0.15) is 5.69 Å². The fourth-order valence-electron chi connectivity index (χ4n) is 1.36. The van der Waals surface area contributed by atoms with Crippen LogP contribution in [0.5, 0.6) is 0 Å². The quantitative estimate of drug-likeness (QED) is 0.845. The van der Waals surface area contributed by atoms with Gasteiger partial charge in [-0.15, -0.1) is 0 Å². The summed E-state index contributed by atoms with van der Waals surface area (Å²) in [4.78, 5) is 18.7. The third-order valence-electron chi connectivity index (χ3n) is 2.11. The van der Waals surface area contributed by atoms with Crippen molar-refractivity contribution in [3.8, 4) is 11.3 Å². The predicted molar refractivity (Wildman–Crippen MR) is 58.8 cm³/mol. The zero-order chi connectivity index (χ0) is 11.4. The molecule has 2 rings (SSSR count). The first-order valence-corrected chi connectivity index (χ1v) is 4.84. The van der Waals surface area contributed by atoms with E-state index in [4.69, 9.17) is 5.11 Å². The molecule has 0 aliphatic rings. The van der Waals surface area contributed by atoms with Gasteiger partial charge in [-0.25, -0.2) is 0 Å². The third kappa shape index (κ3) is 2.42. The Morgan fingerprint density at radius 3 is 2.44 bits per heavy atom. The zero-order valence-electron chi connectivity index (χ0n) is 8.50. The van der Waals surface area contributed by atoms with E-state index in [-0.39, 0.29) is 6.42 Å². The molecule has 1 aromatic heterocycles. The van der Waals surface area contributed by atoms with Crippen LogP contribution >= 0.6 is 0 Å². The second-order valence-electron chi connectivity index (χ2n) is 3.33. The highest BCUT2D eigenvalue weighted by Gasteiger charge is 2.03. The normalized spacial score (nSPS) is 10.0. The molecule has 0 bridgehead atoms. The monoisotopic (exact) mass is 214 g/mol. The van der Waals surface area contributed by atoms with Gasteiger partial charge in [-0.3, -0.25) is 14.8 Å². The van der Waals surface area contributed by atoms with Gasteiger partial charge in [0.05, 0.1) is 24.0 Å². The zero-order valence-corrected chi connectivity index (χ0v) is 8.50. The number of carboxylic acid groups (broad SMARTS) is 1. The van der Waals surface area contributed by atoms with Crippen molar-refractivity contribution in [1.82, 2.24) is 9.97 Å². The molecule has 0 radical (unpaired) electrons. The lowest BCUT2D eigenvalue weighted by atomic mass is 10.1. The number of hydrogen-bond acceptors (Lipinski definition) is 3. The van der Waals surface area contributed by atoms with E-state index in [1.165, 1.54) is 6.20 Å². The summed E-state index contributed by atoms with van der Waals surface area (Å²) in [7, 11) is 0. The molecule has 0 saturated carbocycles. The Hall–Kier alpha value is -2.23. The van der Waals surface area contributed by atoms with Gasteiger partial charge in [-0.05, 0) is 0 Å². The SMILES string of the molecule is O=C(O)Cc1cnc(-c2ccccc2)cn1. The fourth-order valence-corrected chi connectivity index (χ4v) is 1.36. The first-order chi connectivity index (χ1) is 7.75. The summed E-state index contributed by atoms with van der Waals surface area (Å²) >= 11 is 0. The number of carbonyl (C=O) groups is 1. The van der Waals surface area contributed by atoms with Gasteiger partial charge < -0.3 is 5.11 Å². The van der Waals surface area contributed by atoms with Crippen LogP contribution in [-0.4, -0.2) is 21.0 Å². The van der Waals surface area contributed by atoms with Crippen LogP contribution in [0.3, 0.4) is 0 Å². The van der Waals surface area contributed by atoms with E-state index in [0.717, 1.165) is 11.3 Å². The van der Waals surface area contributed by atoms with Crippen LogP contribution in [0.25, 0.3) is 11.3 Å². The van der Waals surface area contributed by atoms with Crippen molar-refractivity contribution in [3.63, 3.8) is 0 Å². The van der Waals surface area contributed by atoms with Crippen LogP contribution < -0.4 is 0 Å². The number of aromatic nitrogens is 2. The molecule has 2 aromatic rings. The summed E-state index contributed by atoms with van der Waals surface area (Å²) in [5.41, 5.74) is 2.18. The molecule has 0 atom stereocenters. The second-order valence-corrected chi connectivity index (χ2v) is 3.33. The second kappa shape index (κ2) is 4.53. The lowest BCUT2D eigenvalue weighted by Crippen LogP contribution is -2.02. The first-order valence-electron chi connectivity index (χ1n) is 4.84. The van der Waals surface area contributed by atoms with Gasteiger partial charge in [0.15, 0.2) is 0 Å². The first kappa shape index (κ1) is 10.3. The maximum Gasteiger partial charge on any atom is 0.309 e. The average Bonchev–Trinajstić information content (AvgIpc) is 2.30. The molecular weight excluding hydrogens is 204 g/mol. The Morgan fingerprint density at radius 1 is 1.12 bits per heavy atom. The van der Waals surface area contributed by atoms with E-state index < -0.39 is 5.97 Å². The van der Waals surface area contributed by atoms with Gasteiger partial charge in [-0.1, -0.05) is 30.3 Å². The number of benzene rings is 1. The molecule has 80 valence electrons. The van der Waals surface area contributed by atoms with Crippen molar-refractivity contribution in [1.29, 1.82) is 0 Å². The summed E-state index contributed by atoms with van der Waals surface area (Å²) in [6.45, 7) is 0. The minimum Gasteiger partial charge on any atom is -0.481 e. The Labute approximate surface area is 92.6 Å². The lowest BCUT2D eigenvalue weighted by Gasteiger charge is -2.00. The standard InChI is InChI=1S/C12H10N2O2/c15-12(16)6-10-7-14-11(8-13-10)9-4-2-1-3-5-9/h1-5,7-8H,6H2,(H,15,16). The molecule has 0 saturated heterocycles. The smallest absolute Gasteiger partial charge is 0.309 e. The molecule has 4 nitrogen and oxygen atoms in total. The van der Waals surface area contributed by atoms with Gasteiger partial charge in [0.25, 0.3) is 0 Å². The molecule has 16 heavy (non-hydrogen) atoms. The summed E-state index contributed by atoms with van der Waals surface area (Å²) in [6, 6.07) is 9.63. The molecule has 0 unspecified atom stereocenters. The van der Waals surface area contributed by atoms with Crippen LogP contribution in [0.4, 0.5) is 0 Å². The maximum absolute atomic E-state index is 10.5. The fraction of sp³-hybridized carbons (Fsp3) is 0.0833. The Bertz CT molecular complexity index is 480. The van der Waals surface area contributed by atoms with E-state index in [0.29, 0.717) is 5.69 Å². The largest absolute Gasteiger partial charge is 0.481 e. The van der Waals surface area contributed by atoms with Crippen molar-refractivity contribution in [2.45, 2.75) is 6.42 Å². The molecule has 1 N–H and O–H groups in total. The molecule has 0 aliphatic heterocycles. The number of nitrogens with zero attached hydrogens (tertiary/aromatic N) is 2. The van der Waals surface area contributed by atoms with E-state index in [2.05, 4.69) is 9.97 Å². The topological polar surface area (TPSA) is 63.1 Å². The molecule has 0 spiro atoms. The van der Waals surface area contributed by atoms with E-state index in [9.17, 15) is 4.79 Å². The number of hydrogen-bond donors (Lipinski definition) is 1. The predicted octanol–water partition coefficient (Wildman–Crippen LogP) is 1.77. The number of rotatable bonds is 3. The van der Waals surface area contributed by atoms with E-state index in [1.807, 2.05) is 30.3 Å². The minimum atomic E-state index is -0.901. The van der Waals surface area contributed by atoms with Gasteiger partial charge in [0.1, 0.15) is 0 Å². The Morgan fingerprint density at radius 2 is 1.88 bits per heavy atom. The highest BCUT2D eigenvalue weighted by molar-refractivity contribution is 5.69.